The first-order valence-electron chi connectivity index (χ1n) is 12.9. The number of carbonyl (C=O) groups excluding carboxylic acids is 3. The van der Waals surface area contributed by atoms with Crippen LogP contribution in [0.5, 0.6) is 11.5 Å². The lowest BCUT2D eigenvalue weighted by molar-refractivity contribution is -0.139. The Morgan fingerprint density at radius 2 is 1.80 bits per heavy atom. The lowest BCUT2D eigenvalue weighted by atomic mass is 9.84. The van der Waals surface area contributed by atoms with Gasteiger partial charge in [0.1, 0.15) is 23.1 Å². The third-order valence-corrected chi connectivity index (χ3v) is 6.33. The zero-order chi connectivity index (χ0) is 29.8. The van der Waals surface area contributed by atoms with Crippen LogP contribution in [-0.2, 0) is 21.5 Å². The molecular formula is C29H36N4O7. The van der Waals surface area contributed by atoms with Gasteiger partial charge in [-0.15, -0.1) is 0 Å². The summed E-state index contributed by atoms with van der Waals surface area (Å²) in [4.78, 5) is 50.5. The largest absolute Gasteiger partial charge is 0.493 e. The molecule has 2 aromatic rings. The van der Waals surface area contributed by atoms with Gasteiger partial charge in [-0.3, -0.25) is 19.8 Å². The SMILES string of the molecule is CCOc1cc2c(cc1C(=O)NC)C(=N)N(CC(=O)c1cc(NCC(C)=O)c(OCC(=O)O)c(C(C)(C)C)c1)C2. The van der Waals surface area contributed by atoms with Gasteiger partial charge in [-0.1, -0.05) is 20.8 Å². The van der Waals surface area contributed by atoms with Crippen LogP contribution in [0.4, 0.5) is 5.69 Å². The molecule has 11 nitrogen and oxygen atoms in total. The van der Waals surface area contributed by atoms with Crippen molar-refractivity contribution >= 4 is 35.0 Å². The first kappa shape index (κ1) is 30.1. The summed E-state index contributed by atoms with van der Waals surface area (Å²) >= 11 is 0. The van der Waals surface area contributed by atoms with E-state index >= 15 is 0 Å². The number of Topliss-reactive ketones (excluding diaryl/α,β-unsaturated/α-hetero) is 2. The summed E-state index contributed by atoms with van der Waals surface area (Å²) in [7, 11) is 1.52. The molecule has 1 amide bonds. The van der Waals surface area contributed by atoms with E-state index in [1.165, 1.54) is 14.0 Å². The van der Waals surface area contributed by atoms with Crippen molar-refractivity contribution in [3.05, 3.63) is 52.1 Å². The van der Waals surface area contributed by atoms with Crippen LogP contribution >= 0.6 is 0 Å². The fourth-order valence-electron chi connectivity index (χ4n) is 4.40. The molecule has 0 atom stereocenters. The molecule has 1 aliphatic rings. The standard InChI is InChI=1S/C29H36N4O7/c1-7-39-24-10-18-13-33(27(30)19(18)11-20(24)28(38)31-6)14-23(35)17-8-21(29(3,4)5)26(40-15-25(36)37)22(9-17)32-12-16(2)34/h8-11,30,32H,7,12-15H2,1-6H3,(H,31,38)(H,36,37). The highest BCUT2D eigenvalue weighted by molar-refractivity contribution is 6.08. The van der Waals surface area contributed by atoms with Crippen LogP contribution in [0.2, 0.25) is 0 Å². The second-order valence-electron chi connectivity index (χ2n) is 10.5. The number of nitrogens with one attached hydrogen (secondary N) is 3. The first-order valence-corrected chi connectivity index (χ1v) is 12.9. The normalized spacial score (nSPS) is 12.6. The molecule has 3 rings (SSSR count). The number of carboxylic acids is 1. The predicted octanol–water partition coefficient (Wildman–Crippen LogP) is 3.23. The minimum absolute atomic E-state index is 0.0351. The number of ketones is 2. The number of carbonyl (C=O) groups is 4. The molecule has 0 aliphatic carbocycles. The maximum absolute atomic E-state index is 13.6. The van der Waals surface area contributed by atoms with Crippen molar-refractivity contribution in [2.75, 3.05) is 38.7 Å². The monoisotopic (exact) mass is 552 g/mol. The van der Waals surface area contributed by atoms with Crippen LogP contribution in [0.1, 0.15) is 72.0 Å². The number of benzene rings is 2. The predicted molar refractivity (Wildman–Crippen MR) is 150 cm³/mol. The van der Waals surface area contributed by atoms with Gasteiger partial charge in [0.2, 0.25) is 0 Å². The number of fused-ring (bicyclic) bond motifs is 1. The smallest absolute Gasteiger partial charge is 0.341 e. The summed E-state index contributed by atoms with van der Waals surface area (Å²) in [6.45, 7) is 8.87. The lowest BCUT2D eigenvalue weighted by Gasteiger charge is -2.26. The van der Waals surface area contributed by atoms with Crippen molar-refractivity contribution in [1.82, 2.24) is 10.2 Å². The van der Waals surface area contributed by atoms with E-state index in [-0.39, 0.29) is 48.7 Å². The third-order valence-electron chi connectivity index (χ3n) is 6.33. The quantitative estimate of drug-likeness (QED) is 0.290. The molecule has 0 fully saturated rings. The van der Waals surface area contributed by atoms with Crippen LogP contribution in [0, 0.1) is 5.41 Å². The number of amidine groups is 1. The van der Waals surface area contributed by atoms with Gasteiger partial charge >= 0.3 is 5.97 Å². The van der Waals surface area contributed by atoms with Crippen molar-refractivity contribution in [2.24, 2.45) is 0 Å². The van der Waals surface area contributed by atoms with Crippen molar-refractivity contribution < 1.29 is 33.8 Å². The molecule has 40 heavy (non-hydrogen) atoms. The molecule has 214 valence electrons. The average Bonchev–Trinajstić information content (AvgIpc) is 3.18. The minimum atomic E-state index is -1.16. The van der Waals surface area contributed by atoms with E-state index in [9.17, 15) is 24.3 Å². The number of hydrogen-bond acceptors (Lipinski definition) is 8. The molecule has 0 saturated carbocycles. The molecule has 4 N–H and O–H groups in total. The third kappa shape index (κ3) is 6.77. The highest BCUT2D eigenvalue weighted by Gasteiger charge is 2.31. The van der Waals surface area contributed by atoms with Gasteiger partial charge in [-0.25, -0.2) is 4.79 Å². The van der Waals surface area contributed by atoms with Gasteiger partial charge < -0.3 is 30.1 Å². The minimum Gasteiger partial charge on any atom is -0.493 e. The van der Waals surface area contributed by atoms with Crippen LogP contribution in [0.3, 0.4) is 0 Å². The second kappa shape index (κ2) is 12.2. The van der Waals surface area contributed by atoms with Crippen LogP contribution in [0.15, 0.2) is 24.3 Å². The fourth-order valence-corrected chi connectivity index (χ4v) is 4.40. The summed E-state index contributed by atoms with van der Waals surface area (Å²) in [5.74, 6) is -1.13. The Bertz CT molecular complexity index is 1360. The van der Waals surface area contributed by atoms with E-state index in [2.05, 4.69) is 10.6 Å². The van der Waals surface area contributed by atoms with E-state index in [0.717, 1.165) is 5.56 Å². The van der Waals surface area contributed by atoms with E-state index in [1.807, 2.05) is 27.7 Å². The summed E-state index contributed by atoms with van der Waals surface area (Å²) in [5.41, 5.74) is 2.36. The molecule has 0 bridgehead atoms. The summed E-state index contributed by atoms with van der Waals surface area (Å²) in [5, 5.41) is 23.4. The molecular weight excluding hydrogens is 516 g/mol. The van der Waals surface area contributed by atoms with Gasteiger partial charge in [0.05, 0.1) is 30.9 Å². The molecule has 0 unspecified atom stereocenters. The van der Waals surface area contributed by atoms with Crippen LogP contribution in [0.25, 0.3) is 0 Å². The van der Waals surface area contributed by atoms with E-state index < -0.39 is 18.0 Å². The second-order valence-corrected chi connectivity index (χ2v) is 10.5. The average molecular weight is 553 g/mol. The molecule has 1 aliphatic heterocycles. The van der Waals surface area contributed by atoms with Gasteiger partial charge in [-0.2, -0.15) is 0 Å². The Morgan fingerprint density at radius 1 is 1.10 bits per heavy atom. The van der Waals surface area contributed by atoms with Crippen LogP contribution in [-0.4, -0.2) is 72.6 Å². The Kier molecular flexibility index (Phi) is 9.18. The van der Waals surface area contributed by atoms with E-state index in [1.54, 1.807) is 29.2 Å². The Morgan fingerprint density at radius 3 is 2.38 bits per heavy atom. The zero-order valence-corrected chi connectivity index (χ0v) is 23.7. The van der Waals surface area contributed by atoms with E-state index in [4.69, 9.17) is 14.9 Å². The Labute approximate surface area is 233 Å². The van der Waals surface area contributed by atoms with E-state index in [0.29, 0.717) is 40.3 Å². The van der Waals surface area contributed by atoms with Crippen molar-refractivity contribution in [1.29, 1.82) is 5.41 Å². The molecule has 1 heterocycles. The maximum Gasteiger partial charge on any atom is 0.341 e. The summed E-state index contributed by atoms with van der Waals surface area (Å²) in [6.07, 6.45) is 0. The first-order chi connectivity index (χ1) is 18.8. The number of hydrogen-bond donors (Lipinski definition) is 4. The lowest BCUT2D eigenvalue weighted by Crippen LogP contribution is -2.30. The molecule has 0 spiro atoms. The Hall–Kier alpha value is -4.41. The molecule has 0 saturated heterocycles. The molecule has 0 aromatic heterocycles. The maximum atomic E-state index is 13.6. The molecule has 2 aromatic carbocycles. The zero-order valence-electron chi connectivity index (χ0n) is 23.7. The van der Waals surface area contributed by atoms with Gasteiger partial charge in [-0.05, 0) is 49.1 Å². The van der Waals surface area contributed by atoms with Crippen molar-refractivity contribution in [3.8, 4) is 11.5 Å². The highest BCUT2D eigenvalue weighted by Crippen LogP contribution is 2.39. The Balaban J connectivity index is 1.97. The van der Waals surface area contributed by atoms with Gasteiger partial charge in [0.15, 0.2) is 12.4 Å². The van der Waals surface area contributed by atoms with Gasteiger partial charge in [0.25, 0.3) is 5.91 Å². The number of ether oxygens (including phenoxy) is 2. The molecule has 0 radical (unpaired) electrons. The van der Waals surface area contributed by atoms with Crippen molar-refractivity contribution in [3.63, 3.8) is 0 Å². The number of rotatable bonds is 12. The topological polar surface area (TPSA) is 158 Å². The number of carboxylic acid groups (broad SMARTS) is 1. The van der Waals surface area contributed by atoms with Crippen molar-refractivity contribution in [2.45, 2.75) is 46.6 Å². The van der Waals surface area contributed by atoms with Crippen LogP contribution < -0.4 is 20.1 Å². The number of aliphatic carboxylic acids is 1. The molecule has 11 heteroatoms. The summed E-state index contributed by atoms with van der Waals surface area (Å²) < 4.78 is 11.3. The number of amides is 1. The number of anilines is 1. The van der Waals surface area contributed by atoms with Gasteiger partial charge in [0, 0.05) is 30.3 Å². The number of nitrogens with zero attached hydrogens (tertiary/aromatic N) is 1. The fraction of sp³-hybridized carbons (Fsp3) is 0.414. The highest BCUT2D eigenvalue weighted by atomic mass is 16.5. The summed E-state index contributed by atoms with van der Waals surface area (Å²) in [6, 6.07) is 6.56.